The van der Waals surface area contributed by atoms with E-state index in [2.05, 4.69) is 17.2 Å². The van der Waals surface area contributed by atoms with E-state index in [-0.39, 0.29) is 12.1 Å². The summed E-state index contributed by atoms with van der Waals surface area (Å²) >= 11 is 0. The van der Waals surface area contributed by atoms with Crippen molar-refractivity contribution in [2.45, 2.75) is 19.4 Å². The van der Waals surface area contributed by atoms with Gasteiger partial charge in [-0.25, -0.2) is 9.59 Å². The van der Waals surface area contributed by atoms with Crippen LogP contribution in [0.4, 0.5) is 10.5 Å². The van der Waals surface area contributed by atoms with Gasteiger partial charge in [0.25, 0.3) is 0 Å². The van der Waals surface area contributed by atoms with Crippen LogP contribution in [0.2, 0.25) is 0 Å². The van der Waals surface area contributed by atoms with Crippen LogP contribution in [0.15, 0.2) is 43.0 Å². The van der Waals surface area contributed by atoms with Crippen molar-refractivity contribution in [3.8, 4) is 0 Å². The maximum Gasteiger partial charge on any atom is 0.328 e. The normalized spacial score (nSPS) is 11.8. The molecule has 0 radical (unpaired) electrons. The minimum atomic E-state index is -0.997. The Kier molecular flexibility index (Phi) is 6.03. The smallest absolute Gasteiger partial charge is 0.328 e. The largest absolute Gasteiger partial charge is 0.478 e. The maximum absolute atomic E-state index is 11.6. The summed E-state index contributed by atoms with van der Waals surface area (Å²) in [5, 5.41) is 14.0. The van der Waals surface area contributed by atoms with E-state index in [1.165, 1.54) is 6.08 Å². The lowest BCUT2D eigenvalue weighted by Gasteiger charge is -2.12. The van der Waals surface area contributed by atoms with E-state index in [9.17, 15) is 9.59 Å². The number of anilines is 1. The van der Waals surface area contributed by atoms with E-state index >= 15 is 0 Å². The summed E-state index contributed by atoms with van der Waals surface area (Å²) in [6.07, 6.45) is 4.99. The van der Waals surface area contributed by atoms with Crippen molar-refractivity contribution in [2.24, 2.45) is 0 Å². The van der Waals surface area contributed by atoms with Gasteiger partial charge in [0.05, 0.1) is 0 Å². The number of carbonyl (C=O) groups excluding carboxylic acids is 1. The average molecular weight is 274 g/mol. The molecule has 0 fully saturated rings. The van der Waals surface area contributed by atoms with Gasteiger partial charge >= 0.3 is 12.0 Å². The van der Waals surface area contributed by atoms with Crippen LogP contribution < -0.4 is 10.6 Å². The number of amides is 2. The fourth-order valence-electron chi connectivity index (χ4n) is 1.54. The first-order valence-electron chi connectivity index (χ1n) is 6.20. The summed E-state index contributed by atoms with van der Waals surface area (Å²) in [4.78, 5) is 22.0. The molecule has 0 heterocycles. The van der Waals surface area contributed by atoms with Crippen LogP contribution in [0.25, 0.3) is 6.08 Å². The maximum atomic E-state index is 11.6. The van der Waals surface area contributed by atoms with Crippen molar-refractivity contribution in [1.29, 1.82) is 0 Å². The Balaban J connectivity index is 2.54. The second-order valence-corrected chi connectivity index (χ2v) is 4.32. The van der Waals surface area contributed by atoms with Gasteiger partial charge in [-0.05, 0) is 37.1 Å². The van der Waals surface area contributed by atoms with Gasteiger partial charge in [-0.1, -0.05) is 18.2 Å². The fourth-order valence-corrected chi connectivity index (χ4v) is 1.54. The summed E-state index contributed by atoms with van der Waals surface area (Å²) in [5.74, 6) is -0.997. The highest BCUT2D eigenvalue weighted by Crippen LogP contribution is 2.10. The van der Waals surface area contributed by atoms with Crippen LogP contribution in [0.1, 0.15) is 18.9 Å². The predicted octanol–water partition coefficient (Wildman–Crippen LogP) is 2.87. The molecule has 0 aromatic heterocycles. The molecular weight excluding hydrogens is 256 g/mol. The molecule has 0 saturated heterocycles. The van der Waals surface area contributed by atoms with Gasteiger partial charge in [0.15, 0.2) is 0 Å². The topological polar surface area (TPSA) is 78.4 Å². The van der Waals surface area contributed by atoms with Gasteiger partial charge in [-0.3, -0.25) is 0 Å². The predicted molar refractivity (Wildman–Crippen MR) is 79.5 cm³/mol. The van der Waals surface area contributed by atoms with Gasteiger partial charge in [0.2, 0.25) is 0 Å². The number of carbonyl (C=O) groups is 2. The number of rotatable bonds is 6. The highest BCUT2D eigenvalue weighted by Gasteiger charge is 2.05. The van der Waals surface area contributed by atoms with Gasteiger partial charge in [0.1, 0.15) is 0 Å². The zero-order chi connectivity index (χ0) is 15.0. The summed E-state index contributed by atoms with van der Waals surface area (Å²) in [6, 6.07) is 6.60. The minimum Gasteiger partial charge on any atom is -0.478 e. The highest BCUT2D eigenvalue weighted by molar-refractivity contribution is 5.89. The van der Waals surface area contributed by atoms with Gasteiger partial charge in [-0.15, -0.1) is 6.58 Å². The molecule has 0 spiro atoms. The SMILES string of the molecule is C=CCC(C)NC(=O)Nc1ccc(/C=C/C(=O)O)cc1. The molecular formula is C15H18N2O3. The first-order valence-corrected chi connectivity index (χ1v) is 6.20. The van der Waals surface area contributed by atoms with Crippen LogP contribution >= 0.6 is 0 Å². The molecule has 0 bridgehead atoms. The van der Waals surface area contributed by atoms with E-state index in [4.69, 9.17) is 5.11 Å². The van der Waals surface area contributed by atoms with Crippen molar-refractivity contribution in [3.05, 3.63) is 48.6 Å². The first-order chi connectivity index (χ1) is 9.51. The molecule has 1 atom stereocenters. The summed E-state index contributed by atoms with van der Waals surface area (Å²) in [6.45, 7) is 5.50. The quantitative estimate of drug-likeness (QED) is 0.551. The standard InChI is InChI=1S/C15H18N2O3/c1-3-4-11(2)16-15(20)17-13-8-5-12(6-9-13)7-10-14(18)19/h3,5-11H,1,4H2,2H3,(H,18,19)(H2,16,17,20)/b10-7+. The molecule has 0 aliphatic carbocycles. The van der Waals surface area contributed by atoms with E-state index in [0.717, 1.165) is 11.6 Å². The molecule has 106 valence electrons. The van der Waals surface area contributed by atoms with E-state index in [1.54, 1.807) is 30.3 Å². The molecule has 1 aromatic carbocycles. The van der Waals surface area contributed by atoms with Gasteiger partial charge in [-0.2, -0.15) is 0 Å². The Labute approximate surface area is 118 Å². The monoisotopic (exact) mass is 274 g/mol. The third kappa shape index (κ3) is 5.86. The Bertz CT molecular complexity index is 506. The van der Waals surface area contributed by atoms with E-state index in [0.29, 0.717) is 12.1 Å². The molecule has 0 saturated carbocycles. The average Bonchev–Trinajstić information content (AvgIpc) is 2.37. The molecule has 0 aliphatic heterocycles. The number of carboxylic acids is 1. The zero-order valence-corrected chi connectivity index (χ0v) is 11.3. The number of hydrogen-bond donors (Lipinski definition) is 3. The van der Waals surface area contributed by atoms with Crippen molar-refractivity contribution in [1.82, 2.24) is 5.32 Å². The van der Waals surface area contributed by atoms with Crippen molar-refractivity contribution < 1.29 is 14.7 Å². The zero-order valence-electron chi connectivity index (χ0n) is 11.3. The number of urea groups is 1. The second-order valence-electron chi connectivity index (χ2n) is 4.32. The Hall–Kier alpha value is -2.56. The molecule has 1 aromatic rings. The van der Waals surface area contributed by atoms with Crippen LogP contribution in [0, 0.1) is 0 Å². The van der Waals surface area contributed by atoms with Gasteiger partial charge < -0.3 is 15.7 Å². The Morgan fingerprint density at radius 1 is 1.35 bits per heavy atom. The number of hydrogen-bond acceptors (Lipinski definition) is 2. The highest BCUT2D eigenvalue weighted by atomic mass is 16.4. The molecule has 1 rings (SSSR count). The Morgan fingerprint density at radius 2 is 2.00 bits per heavy atom. The minimum absolute atomic E-state index is 0.0188. The van der Waals surface area contributed by atoms with Crippen molar-refractivity contribution >= 4 is 23.8 Å². The lowest BCUT2D eigenvalue weighted by atomic mass is 10.2. The fraction of sp³-hybridized carbons (Fsp3) is 0.200. The summed E-state index contributed by atoms with van der Waals surface area (Å²) < 4.78 is 0. The van der Waals surface area contributed by atoms with E-state index < -0.39 is 5.97 Å². The molecule has 1 unspecified atom stereocenters. The number of aliphatic carboxylic acids is 1. The molecule has 5 nitrogen and oxygen atoms in total. The third-order valence-corrected chi connectivity index (χ3v) is 2.48. The summed E-state index contributed by atoms with van der Waals surface area (Å²) in [5.41, 5.74) is 1.39. The first kappa shape index (κ1) is 15.5. The van der Waals surface area contributed by atoms with Crippen molar-refractivity contribution in [3.63, 3.8) is 0 Å². The molecule has 3 N–H and O–H groups in total. The number of benzene rings is 1. The van der Waals surface area contributed by atoms with Crippen LogP contribution in [0.5, 0.6) is 0 Å². The number of carboxylic acid groups (broad SMARTS) is 1. The summed E-state index contributed by atoms with van der Waals surface area (Å²) in [7, 11) is 0. The van der Waals surface area contributed by atoms with Crippen LogP contribution in [-0.4, -0.2) is 23.1 Å². The third-order valence-electron chi connectivity index (χ3n) is 2.48. The number of nitrogens with one attached hydrogen (secondary N) is 2. The second kappa shape index (κ2) is 7.78. The van der Waals surface area contributed by atoms with E-state index in [1.807, 2.05) is 6.92 Å². The van der Waals surface area contributed by atoms with Gasteiger partial charge in [0, 0.05) is 17.8 Å². The molecule has 0 aliphatic rings. The lowest BCUT2D eigenvalue weighted by Crippen LogP contribution is -2.35. The van der Waals surface area contributed by atoms with Crippen LogP contribution in [-0.2, 0) is 4.79 Å². The molecule has 20 heavy (non-hydrogen) atoms. The Morgan fingerprint density at radius 3 is 2.55 bits per heavy atom. The lowest BCUT2D eigenvalue weighted by molar-refractivity contribution is -0.131. The van der Waals surface area contributed by atoms with Crippen LogP contribution in [0.3, 0.4) is 0 Å². The molecule has 5 heteroatoms. The van der Waals surface area contributed by atoms with Crippen molar-refractivity contribution in [2.75, 3.05) is 5.32 Å². The molecule has 2 amide bonds.